The number of imidazole rings is 1. The highest BCUT2D eigenvalue weighted by Gasteiger charge is 2.30. The minimum atomic E-state index is -4.57. The van der Waals surface area contributed by atoms with Crippen molar-refractivity contribution < 1.29 is 32.9 Å². The van der Waals surface area contributed by atoms with Gasteiger partial charge in [0.15, 0.2) is 11.2 Å². The van der Waals surface area contributed by atoms with E-state index in [1.165, 1.54) is 48.0 Å². The zero-order valence-corrected chi connectivity index (χ0v) is 19.6. The Labute approximate surface area is 207 Å². The van der Waals surface area contributed by atoms with E-state index in [0.717, 1.165) is 21.3 Å². The van der Waals surface area contributed by atoms with Gasteiger partial charge in [-0.1, -0.05) is 18.2 Å². The minimum absolute atomic E-state index is 0.0205. The standard InChI is InChI=1S/C24H23F3N4O6/c1-29-20-19(21(34)30(23(29)35)8-10-36-11-9-32)31(14-15-4-2-5-16(12-15)24(25,26)27)22(28-20)37-18-7-3-6-17(33)13-18/h2-7,12-13,32-33H,8-11,14H2,1H3. The van der Waals surface area contributed by atoms with Gasteiger partial charge in [-0.05, 0) is 29.8 Å². The molecule has 0 saturated carbocycles. The van der Waals surface area contributed by atoms with Crippen LogP contribution in [0.3, 0.4) is 0 Å². The van der Waals surface area contributed by atoms with Crippen molar-refractivity contribution in [2.75, 3.05) is 19.8 Å². The van der Waals surface area contributed by atoms with Crippen molar-refractivity contribution in [1.82, 2.24) is 18.7 Å². The number of benzene rings is 2. The quantitative estimate of drug-likeness (QED) is 0.325. The number of hydrogen-bond acceptors (Lipinski definition) is 7. The number of phenols is 1. The molecule has 2 N–H and O–H groups in total. The van der Waals surface area contributed by atoms with Gasteiger partial charge >= 0.3 is 17.9 Å². The van der Waals surface area contributed by atoms with Crippen LogP contribution in [0.25, 0.3) is 11.2 Å². The summed E-state index contributed by atoms with van der Waals surface area (Å²) in [6, 6.07) is 10.2. The SMILES string of the molecule is Cn1c(=O)n(CCOCCO)c(=O)c2c1nc(Oc1cccc(O)c1)n2Cc1cccc(C(F)(F)F)c1. The molecule has 2 heterocycles. The minimum Gasteiger partial charge on any atom is -0.508 e. The molecule has 0 unspecified atom stereocenters. The molecule has 0 spiro atoms. The van der Waals surface area contributed by atoms with Crippen molar-refractivity contribution in [1.29, 1.82) is 0 Å². The van der Waals surface area contributed by atoms with Crippen molar-refractivity contribution in [2.24, 2.45) is 7.05 Å². The number of aliphatic hydroxyl groups excluding tert-OH is 1. The maximum atomic E-state index is 13.4. The van der Waals surface area contributed by atoms with Gasteiger partial charge in [-0.2, -0.15) is 18.2 Å². The Morgan fingerprint density at radius 3 is 2.49 bits per heavy atom. The third kappa shape index (κ3) is 5.52. The zero-order chi connectivity index (χ0) is 26.7. The van der Waals surface area contributed by atoms with E-state index >= 15 is 0 Å². The number of aromatic hydroxyl groups is 1. The predicted octanol–water partition coefficient (Wildman–Crippen LogP) is 2.47. The summed E-state index contributed by atoms with van der Waals surface area (Å²) in [6.45, 7) is -0.601. The second kappa shape index (κ2) is 10.5. The van der Waals surface area contributed by atoms with Gasteiger partial charge in [0.05, 0.1) is 38.5 Å². The van der Waals surface area contributed by atoms with E-state index in [-0.39, 0.29) is 67.1 Å². The molecule has 0 saturated heterocycles. The highest BCUT2D eigenvalue weighted by molar-refractivity contribution is 5.72. The molecule has 2 aromatic heterocycles. The van der Waals surface area contributed by atoms with E-state index in [0.29, 0.717) is 0 Å². The Morgan fingerprint density at radius 2 is 1.78 bits per heavy atom. The number of phenolic OH excluding ortho intramolecular Hbond substituents is 1. The first kappa shape index (κ1) is 26.0. The summed E-state index contributed by atoms with van der Waals surface area (Å²) >= 11 is 0. The first-order valence-electron chi connectivity index (χ1n) is 11.1. The van der Waals surface area contributed by atoms with Crippen LogP contribution < -0.4 is 16.0 Å². The fourth-order valence-corrected chi connectivity index (χ4v) is 3.78. The molecular weight excluding hydrogens is 497 g/mol. The molecule has 0 aliphatic heterocycles. The predicted molar refractivity (Wildman–Crippen MR) is 126 cm³/mol. The second-order valence-electron chi connectivity index (χ2n) is 8.08. The Balaban J connectivity index is 1.88. The lowest BCUT2D eigenvalue weighted by Gasteiger charge is -2.13. The maximum Gasteiger partial charge on any atom is 0.416 e. The van der Waals surface area contributed by atoms with Crippen LogP contribution in [0.1, 0.15) is 11.1 Å². The molecule has 10 nitrogen and oxygen atoms in total. The van der Waals surface area contributed by atoms with Crippen molar-refractivity contribution in [2.45, 2.75) is 19.3 Å². The Kier molecular flexibility index (Phi) is 7.36. The number of halogens is 3. The van der Waals surface area contributed by atoms with Crippen LogP contribution in [0.5, 0.6) is 17.5 Å². The first-order chi connectivity index (χ1) is 17.6. The molecule has 0 aliphatic rings. The van der Waals surface area contributed by atoms with Crippen LogP contribution in [-0.4, -0.2) is 48.7 Å². The van der Waals surface area contributed by atoms with E-state index in [1.807, 2.05) is 0 Å². The first-order valence-corrected chi connectivity index (χ1v) is 11.1. The van der Waals surface area contributed by atoms with Gasteiger partial charge in [-0.15, -0.1) is 0 Å². The Morgan fingerprint density at radius 1 is 1.03 bits per heavy atom. The highest BCUT2D eigenvalue weighted by Crippen LogP contribution is 2.31. The van der Waals surface area contributed by atoms with Crippen LogP contribution in [0.4, 0.5) is 13.2 Å². The van der Waals surface area contributed by atoms with Crippen LogP contribution in [0.15, 0.2) is 58.1 Å². The highest BCUT2D eigenvalue weighted by atomic mass is 19.4. The van der Waals surface area contributed by atoms with E-state index < -0.39 is 23.0 Å². The number of aryl methyl sites for hydroxylation is 1. The molecule has 196 valence electrons. The number of hydrogen-bond donors (Lipinski definition) is 2. The number of nitrogens with zero attached hydrogens (tertiary/aromatic N) is 4. The van der Waals surface area contributed by atoms with Crippen LogP contribution in [-0.2, 0) is 31.1 Å². The molecule has 0 bridgehead atoms. The molecule has 0 amide bonds. The topological polar surface area (TPSA) is 121 Å². The van der Waals surface area contributed by atoms with Crippen LogP contribution in [0, 0.1) is 0 Å². The van der Waals surface area contributed by atoms with Gasteiger partial charge < -0.3 is 19.7 Å². The van der Waals surface area contributed by atoms with Gasteiger partial charge in [-0.3, -0.25) is 18.5 Å². The summed E-state index contributed by atoms with van der Waals surface area (Å²) in [6.07, 6.45) is -4.57. The van der Waals surface area contributed by atoms with E-state index in [1.54, 1.807) is 0 Å². The normalized spacial score (nSPS) is 11.8. The molecule has 0 aliphatic carbocycles. The number of ether oxygens (including phenoxy) is 2. The second-order valence-corrected chi connectivity index (χ2v) is 8.08. The third-order valence-electron chi connectivity index (χ3n) is 5.51. The van der Waals surface area contributed by atoms with E-state index in [2.05, 4.69) is 4.98 Å². The van der Waals surface area contributed by atoms with E-state index in [4.69, 9.17) is 14.6 Å². The molecule has 13 heteroatoms. The van der Waals surface area contributed by atoms with Crippen LogP contribution in [0.2, 0.25) is 0 Å². The lowest BCUT2D eigenvalue weighted by molar-refractivity contribution is -0.137. The molecule has 2 aromatic carbocycles. The molecule has 0 radical (unpaired) electrons. The molecule has 4 rings (SSSR count). The largest absolute Gasteiger partial charge is 0.508 e. The summed E-state index contributed by atoms with van der Waals surface area (Å²) in [4.78, 5) is 30.6. The van der Waals surface area contributed by atoms with Crippen molar-refractivity contribution in [3.05, 3.63) is 80.5 Å². The summed E-state index contributed by atoms with van der Waals surface area (Å²) < 4.78 is 54.2. The Hall–Kier alpha value is -4.10. The fraction of sp³-hybridized carbons (Fsp3) is 0.292. The summed E-state index contributed by atoms with van der Waals surface area (Å²) in [7, 11) is 1.40. The number of aromatic nitrogens is 4. The monoisotopic (exact) mass is 520 g/mol. The lowest BCUT2D eigenvalue weighted by Crippen LogP contribution is -2.40. The number of rotatable bonds is 9. The molecule has 37 heavy (non-hydrogen) atoms. The van der Waals surface area contributed by atoms with Crippen molar-refractivity contribution in [3.8, 4) is 17.5 Å². The van der Waals surface area contributed by atoms with Crippen LogP contribution >= 0.6 is 0 Å². The lowest BCUT2D eigenvalue weighted by atomic mass is 10.1. The molecular formula is C24H23F3N4O6. The number of aliphatic hydroxyl groups is 1. The van der Waals surface area contributed by atoms with Gasteiger partial charge in [0.1, 0.15) is 11.5 Å². The molecule has 0 fully saturated rings. The van der Waals surface area contributed by atoms with Gasteiger partial charge in [-0.25, -0.2) is 4.79 Å². The maximum absolute atomic E-state index is 13.4. The summed E-state index contributed by atoms with van der Waals surface area (Å²) in [5.74, 6) is 0.0546. The zero-order valence-electron chi connectivity index (χ0n) is 19.6. The average Bonchev–Trinajstić information content (AvgIpc) is 3.19. The number of alkyl halides is 3. The smallest absolute Gasteiger partial charge is 0.416 e. The Bertz CT molecular complexity index is 1540. The third-order valence-corrected chi connectivity index (χ3v) is 5.51. The van der Waals surface area contributed by atoms with Crippen molar-refractivity contribution in [3.63, 3.8) is 0 Å². The molecule has 4 aromatic rings. The van der Waals surface area contributed by atoms with Crippen molar-refractivity contribution >= 4 is 11.2 Å². The van der Waals surface area contributed by atoms with Gasteiger partial charge in [0.2, 0.25) is 0 Å². The fourth-order valence-electron chi connectivity index (χ4n) is 3.78. The molecule has 0 atom stereocenters. The average molecular weight is 520 g/mol. The van der Waals surface area contributed by atoms with Gasteiger partial charge in [0.25, 0.3) is 5.56 Å². The number of fused-ring (bicyclic) bond motifs is 1. The summed E-state index contributed by atoms with van der Waals surface area (Å²) in [5, 5.41) is 18.7. The summed E-state index contributed by atoms with van der Waals surface area (Å²) in [5.41, 5.74) is -2.19. The van der Waals surface area contributed by atoms with E-state index in [9.17, 15) is 27.9 Å². The van der Waals surface area contributed by atoms with Gasteiger partial charge in [0, 0.05) is 13.1 Å².